The number of aliphatic hydroxyl groups excluding tert-OH is 1. The van der Waals surface area contributed by atoms with Crippen molar-refractivity contribution in [3.05, 3.63) is 0 Å². The Balaban J connectivity index is 2.91. The summed E-state index contributed by atoms with van der Waals surface area (Å²) in [6.07, 6.45) is -2.66. The molecule has 1 heterocycles. The van der Waals surface area contributed by atoms with Gasteiger partial charge in [-0.2, -0.15) is 5.01 Å². The van der Waals surface area contributed by atoms with E-state index in [4.69, 9.17) is 21.1 Å². The van der Waals surface area contributed by atoms with Gasteiger partial charge in [0.05, 0.1) is 6.54 Å². The van der Waals surface area contributed by atoms with E-state index in [1.54, 1.807) is 41.5 Å². The Hall–Kier alpha value is -1.21. The number of hydrogen-bond acceptors (Lipinski definition) is 5. The van der Waals surface area contributed by atoms with Crippen molar-refractivity contribution < 1.29 is 24.2 Å². The Bertz CT molecular complexity index is 416. The zero-order valence-electron chi connectivity index (χ0n) is 13.2. The van der Waals surface area contributed by atoms with Gasteiger partial charge in [-0.1, -0.05) is 11.6 Å². The lowest BCUT2D eigenvalue weighted by atomic mass is 10.2. The Morgan fingerprint density at radius 2 is 1.48 bits per heavy atom. The molecule has 0 aromatic carbocycles. The molecule has 2 unspecified atom stereocenters. The highest BCUT2D eigenvalue weighted by Crippen LogP contribution is 2.26. The second kappa shape index (κ2) is 5.88. The summed E-state index contributed by atoms with van der Waals surface area (Å²) in [5.74, 6) is 0. The van der Waals surface area contributed by atoms with Gasteiger partial charge in [0, 0.05) is 0 Å². The molecule has 8 heteroatoms. The third-order valence-electron chi connectivity index (χ3n) is 2.36. The Kier molecular flexibility index (Phi) is 5.00. The number of ether oxygens (including phenoxy) is 2. The fourth-order valence-corrected chi connectivity index (χ4v) is 1.90. The van der Waals surface area contributed by atoms with Gasteiger partial charge in [0.15, 0.2) is 5.50 Å². The van der Waals surface area contributed by atoms with Crippen LogP contribution in [0.25, 0.3) is 0 Å². The van der Waals surface area contributed by atoms with Crippen LogP contribution in [0.5, 0.6) is 0 Å². The highest BCUT2D eigenvalue weighted by molar-refractivity contribution is 6.21. The fourth-order valence-electron chi connectivity index (χ4n) is 1.63. The van der Waals surface area contributed by atoms with Crippen molar-refractivity contribution in [3.63, 3.8) is 0 Å². The van der Waals surface area contributed by atoms with Gasteiger partial charge in [-0.15, -0.1) is 0 Å². The number of aliphatic hydroxyl groups is 1. The molecule has 2 amide bonds. The minimum absolute atomic E-state index is 0.137. The molecule has 0 radical (unpaired) electrons. The van der Waals surface area contributed by atoms with Gasteiger partial charge < -0.3 is 14.6 Å². The molecule has 1 aliphatic rings. The van der Waals surface area contributed by atoms with Crippen LogP contribution < -0.4 is 0 Å². The lowest BCUT2D eigenvalue weighted by molar-refractivity contribution is -0.0465. The predicted octanol–water partition coefficient (Wildman–Crippen LogP) is 2.32. The molecule has 1 N–H and O–H groups in total. The maximum absolute atomic E-state index is 12.2. The minimum Gasteiger partial charge on any atom is -0.442 e. The van der Waals surface area contributed by atoms with Crippen LogP contribution in [0.1, 0.15) is 41.5 Å². The quantitative estimate of drug-likeness (QED) is 0.547. The number of nitrogens with zero attached hydrogens (tertiary/aromatic N) is 2. The summed E-state index contributed by atoms with van der Waals surface area (Å²) in [5, 5.41) is 11.6. The summed E-state index contributed by atoms with van der Waals surface area (Å²) >= 11 is 5.99. The lowest BCUT2D eigenvalue weighted by Crippen LogP contribution is -2.50. The summed E-state index contributed by atoms with van der Waals surface area (Å²) in [4.78, 5) is 24.3. The number of halogens is 1. The number of rotatable bonds is 0. The van der Waals surface area contributed by atoms with Crippen molar-refractivity contribution in [3.8, 4) is 0 Å². The zero-order chi connectivity index (χ0) is 16.6. The van der Waals surface area contributed by atoms with Crippen molar-refractivity contribution in [2.24, 2.45) is 0 Å². The largest absolute Gasteiger partial charge is 0.442 e. The molecular weight excluding hydrogens is 300 g/mol. The first-order valence-electron chi connectivity index (χ1n) is 6.66. The van der Waals surface area contributed by atoms with E-state index in [0.29, 0.717) is 0 Å². The topological polar surface area (TPSA) is 79.3 Å². The average molecular weight is 323 g/mol. The van der Waals surface area contributed by atoms with Crippen LogP contribution in [-0.4, -0.2) is 56.7 Å². The first-order valence-corrected chi connectivity index (χ1v) is 7.10. The first kappa shape index (κ1) is 17.8. The lowest BCUT2D eigenvalue weighted by Gasteiger charge is -2.32. The summed E-state index contributed by atoms with van der Waals surface area (Å²) in [6, 6.07) is 0. The van der Waals surface area contributed by atoms with Gasteiger partial charge in [-0.3, -0.25) is 0 Å². The molecule has 2 atom stereocenters. The maximum Gasteiger partial charge on any atom is 0.431 e. The van der Waals surface area contributed by atoms with Crippen LogP contribution in [0.15, 0.2) is 0 Å². The molecule has 7 nitrogen and oxygen atoms in total. The molecule has 0 spiro atoms. The van der Waals surface area contributed by atoms with E-state index in [9.17, 15) is 14.7 Å². The van der Waals surface area contributed by atoms with Gasteiger partial charge in [-0.05, 0) is 41.5 Å². The van der Waals surface area contributed by atoms with Gasteiger partial charge in [0.25, 0.3) is 0 Å². The molecule has 0 aromatic heterocycles. The molecule has 0 bridgehead atoms. The third-order valence-corrected chi connectivity index (χ3v) is 2.83. The molecule has 0 aliphatic carbocycles. The number of carbonyl (C=O) groups excluding carboxylic acids is 2. The third kappa shape index (κ3) is 4.93. The van der Waals surface area contributed by atoms with Crippen molar-refractivity contribution in [2.75, 3.05) is 6.54 Å². The van der Waals surface area contributed by atoms with E-state index in [-0.39, 0.29) is 6.54 Å². The number of hydrazine groups is 1. The average Bonchev–Trinajstić information content (AvgIpc) is 2.50. The van der Waals surface area contributed by atoms with E-state index < -0.39 is 35.0 Å². The van der Waals surface area contributed by atoms with Crippen LogP contribution in [0.2, 0.25) is 0 Å². The van der Waals surface area contributed by atoms with Crippen molar-refractivity contribution >= 4 is 23.8 Å². The molecule has 0 saturated carbocycles. The fraction of sp³-hybridized carbons (Fsp3) is 0.846. The summed E-state index contributed by atoms with van der Waals surface area (Å²) in [6.45, 7) is 10.0. The number of β-amino-alcohol motifs (C(OH)–C–C–N with tert-alkyl or cyclic N) is 1. The van der Waals surface area contributed by atoms with Crippen LogP contribution in [0.4, 0.5) is 9.59 Å². The van der Waals surface area contributed by atoms with E-state index in [1.165, 1.54) is 0 Å². The van der Waals surface area contributed by atoms with Crippen LogP contribution in [-0.2, 0) is 9.47 Å². The molecular formula is C13H23ClN2O5. The van der Waals surface area contributed by atoms with E-state index in [0.717, 1.165) is 10.0 Å². The normalized spacial score (nSPS) is 23.2. The molecule has 122 valence electrons. The number of alkyl halides is 1. The second-order valence-corrected chi connectivity index (χ2v) is 7.27. The maximum atomic E-state index is 12.2. The number of hydrogen-bond donors (Lipinski definition) is 1. The standard InChI is InChI=1S/C13H23ClN2O5/c1-12(2,3)20-10(18)15-7-8(17)9(14)16(15)11(19)21-13(4,5)6/h8-9,17H,7H2,1-6H3. The Morgan fingerprint density at radius 3 is 1.90 bits per heavy atom. The highest BCUT2D eigenvalue weighted by Gasteiger charge is 2.46. The van der Waals surface area contributed by atoms with Crippen LogP contribution in [0, 0.1) is 0 Å². The minimum atomic E-state index is -1.09. The molecule has 21 heavy (non-hydrogen) atoms. The van der Waals surface area contributed by atoms with Gasteiger partial charge in [0.1, 0.15) is 17.3 Å². The van der Waals surface area contributed by atoms with Crippen molar-refractivity contribution in [1.82, 2.24) is 10.0 Å². The zero-order valence-corrected chi connectivity index (χ0v) is 14.0. The SMILES string of the molecule is CC(C)(C)OC(=O)N1CC(O)C(Cl)N1C(=O)OC(C)(C)C. The van der Waals surface area contributed by atoms with Crippen LogP contribution in [0.3, 0.4) is 0 Å². The summed E-state index contributed by atoms with van der Waals surface area (Å²) < 4.78 is 10.4. The highest BCUT2D eigenvalue weighted by atomic mass is 35.5. The molecule has 1 aliphatic heterocycles. The van der Waals surface area contributed by atoms with E-state index >= 15 is 0 Å². The number of carbonyl (C=O) groups is 2. The Labute approximate surface area is 129 Å². The first-order chi connectivity index (χ1) is 9.32. The predicted molar refractivity (Wildman–Crippen MR) is 76.7 cm³/mol. The Morgan fingerprint density at radius 1 is 1.05 bits per heavy atom. The van der Waals surface area contributed by atoms with E-state index in [1.807, 2.05) is 0 Å². The van der Waals surface area contributed by atoms with E-state index in [2.05, 4.69) is 0 Å². The monoisotopic (exact) mass is 322 g/mol. The van der Waals surface area contributed by atoms with Crippen molar-refractivity contribution in [2.45, 2.75) is 64.3 Å². The molecule has 1 fully saturated rings. The second-order valence-electron chi connectivity index (χ2n) is 6.83. The van der Waals surface area contributed by atoms with Crippen LogP contribution >= 0.6 is 11.6 Å². The molecule has 1 rings (SSSR count). The molecule has 0 aromatic rings. The summed E-state index contributed by atoms with van der Waals surface area (Å²) in [5.41, 5.74) is -2.57. The number of amides is 2. The van der Waals surface area contributed by atoms with Gasteiger partial charge in [-0.25, -0.2) is 14.6 Å². The summed E-state index contributed by atoms with van der Waals surface area (Å²) in [7, 11) is 0. The molecule has 1 saturated heterocycles. The van der Waals surface area contributed by atoms with Crippen molar-refractivity contribution in [1.29, 1.82) is 0 Å². The van der Waals surface area contributed by atoms with Gasteiger partial charge >= 0.3 is 12.2 Å². The van der Waals surface area contributed by atoms with Gasteiger partial charge in [0.2, 0.25) is 0 Å². The smallest absolute Gasteiger partial charge is 0.431 e.